The van der Waals surface area contributed by atoms with Gasteiger partial charge in [0.25, 0.3) is 0 Å². The van der Waals surface area contributed by atoms with Crippen LogP contribution in [0.1, 0.15) is 18.1 Å². The van der Waals surface area contributed by atoms with Gasteiger partial charge in [0, 0.05) is 14.8 Å². The van der Waals surface area contributed by atoms with E-state index < -0.39 is 0 Å². The van der Waals surface area contributed by atoms with E-state index in [0.717, 1.165) is 11.4 Å². The fourth-order valence-corrected chi connectivity index (χ4v) is 5.00. The van der Waals surface area contributed by atoms with Gasteiger partial charge in [0.15, 0.2) is 0 Å². The number of fused-ring (bicyclic) bond motifs is 3. The van der Waals surface area contributed by atoms with Gasteiger partial charge < -0.3 is 4.90 Å². The first-order valence-corrected chi connectivity index (χ1v) is 9.56. The van der Waals surface area contributed by atoms with E-state index in [0.29, 0.717) is 0 Å². The molecular formula is C22H16ClNS. The Morgan fingerprint density at radius 3 is 2.20 bits per heavy atom. The molecule has 0 N–H and O–H groups in total. The maximum absolute atomic E-state index is 6.49. The van der Waals surface area contributed by atoms with Gasteiger partial charge in [-0.05, 0) is 60.9 Å². The van der Waals surface area contributed by atoms with Crippen molar-refractivity contribution in [1.29, 1.82) is 0 Å². The predicted molar refractivity (Wildman–Crippen MR) is 108 cm³/mol. The molecular weight excluding hydrogens is 346 g/mol. The Balaban J connectivity index is 1.79. The minimum absolute atomic E-state index is 0.785. The van der Waals surface area contributed by atoms with Crippen LogP contribution in [0.15, 0.2) is 76.0 Å². The van der Waals surface area contributed by atoms with E-state index in [-0.39, 0.29) is 0 Å². The van der Waals surface area contributed by atoms with Crippen LogP contribution < -0.4 is 4.90 Å². The van der Waals surface area contributed by atoms with E-state index in [4.69, 9.17) is 11.6 Å². The van der Waals surface area contributed by atoms with Crippen LogP contribution in [0.2, 0.25) is 5.02 Å². The van der Waals surface area contributed by atoms with E-state index in [1.165, 1.54) is 43.6 Å². The van der Waals surface area contributed by atoms with Crippen LogP contribution in [0, 0.1) is 0 Å². The SMILES string of the molecule is CC1=Cc2cc(Cl)cc(N3c4ccccc4Sc4ccccc43)c2C1. The number of rotatable bonds is 1. The summed E-state index contributed by atoms with van der Waals surface area (Å²) in [6, 6.07) is 21.4. The van der Waals surface area contributed by atoms with Crippen molar-refractivity contribution in [3.8, 4) is 0 Å². The molecule has 0 atom stereocenters. The summed E-state index contributed by atoms with van der Waals surface area (Å²) in [5, 5.41) is 0.785. The maximum atomic E-state index is 6.49. The third-order valence-corrected chi connectivity index (χ3v) is 6.10. The fourth-order valence-electron chi connectivity index (χ4n) is 3.72. The van der Waals surface area contributed by atoms with Crippen LogP contribution in [-0.2, 0) is 6.42 Å². The smallest absolute Gasteiger partial charge is 0.0601 e. The molecule has 1 aliphatic carbocycles. The van der Waals surface area contributed by atoms with E-state index in [1.807, 2.05) is 11.8 Å². The quantitative estimate of drug-likeness (QED) is 0.351. The van der Waals surface area contributed by atoms with Crippen molar-refractivity contribution in [2.45, 2.75) is 23.1 Å². The molecule has 3 aromatic carbocycles. The minimum Gasteiger partial charge on any atom is -0.308 e. The number of nitrogens with zero attached hydrogens (tertiary/aromatic N) is 1. The highest BCUT2D eigenvalue weighted by Crippen LogP contribution is 2.53. The third-order valence-electron chi connectivity index (χ3n) is 4.76. The molecule has 0 fully saturated rings. The lowest BCUT2D eigenvalue weighted by atomic mass is 10.0. The van der Waals surface area contributed by atoms with E-state index in [9.17, 15) is 0 Å². The molecule has 5 rings (SSSR count). The first kappa shape index (κ1) is 15.1. The summed E-state index contributed by atoms with van der Waals surface area (Å²) in [6.07, 6.45) is 3.23. The molecule has 1 aliphatic heterocycles. The summed E-state index contributed by atoms with van der Waals surface area (Å²) in [6.45, 7) is 2.19. The molecule has 2 aliphatic rings. The zero-order chi connectivity index (χ0) is 17.0. The second kappa shape index (κ2) is 5.69. The Morgan fingerprint density at radius 1 is 0.880 bits per heavy atom. The van der Waals surface area contributed by atoms with Crippen LogP contribution in [0.25, 0.3) is 6.08 Å². The summed E-state index contributed by atoms with van der Waals surface area (Å²) in [7, 11) is 0. The fraction of sp³-hybridized carbons (Fsp3) is 0.0909. The van der Waals surface area contributed by atoms with Crippen molar-refractivity contribution in [2.75, 3.05) is 4.90 Å². The molecule has 3 aromatic rings. The zero-order valence-electron chi connectivity index (χ0n) is 13.8. The average Bonchev–Trinajstić information content (AvgIpc) is 2.99. The van der Waals surface area contributed by atoms with Crippen LogP contribution >= 0.6 is 23.4 Å². The van der Waals surface area contributed by atoms with Crippen molar-refractivity contribution in [3.63, 3.8) is 0 Å². The second-order valence-electron chi connectivity index (χ2n) is 6.53. The molecule has 0 spiro atoms. The van der Waals surface area contributed by atoms with Gasteiger partial charge in [-0.25, -0.2) is 0 Å². The molecule has 0 saturated heterocycles. The highest BCUT2D eigenvalue weighted by atomic mass is 35.5. The zero-order valence-corrected chi connectivity index (χ0v) is 15.4. The van der Waals surface area contributed by atoms with Gasteiger partial charge >= 0.3 is 0 Å². The molecule has 0 aromatic heterocycles. The van der Waals surface area contributed by atoms with Gasteiger partial charge in [-0.3, -0.25) is 0 Å². The van der Waals surface area contributed by atoms with Crippen LogP contribution in [0.5, 0.6) is 0 Å². The summed E-state index contributed by atoms with van der Waals surface area (Å²) in [5.41, 5.74) is 7.62. The third kappa shape index (κ3) is 2.40. The Labute approximate surface area is 156 Å². The predicted octanol–water partition coefficient (Wildman–Crippen LogP) is 7.23. The Morgan fingerprint density at radius 2 is 1.52 bits per heavy atom. The molecule has 0 radical (unpaired) electrons. The van der Waals surface area contributed by atoms with Gasteiger partial charge in [-0.1, -0.05) is 59.3 Å². The summed E-state index contributed by atoms with van der Waals surface area (Å²) >= 11 is 8.32. The summed E-state index contributed by atoms with van der Waals surface area (Å²) in [4.78, 5) is 4.92. The first-order chi connectivity index (χ1) is 12.2. The highest BCUT2D eigenvalue weighted by molar-refractivity contribution is 7.99. The molecule has 1 nitrogen and oxygen atoms in total. The number of benzene rings is 3. The van der Waals surface area contributed by atoms with Crippen LogP contribution in [0.4, 0.5) is 17.1 Å². The average molecular weight is 362 g/mol. The number of halogens is 1. The lowest BCUT2D eigenvalue weighted by Crippen LogP contribution is -2.16. The highest BCUT2D eigenvalue weighted by Gasteiger charge is 2.28. The van der Waals surface area contributed by atoms with Gasteiger partial charge in [-0.15, -0.1) is 0 Å². The topological polar surface area (TPSA) is 3.24 Å². The molecule has 122 valence electrons. The number of allylic oxidation sites excluding steroid dienone is 1. The Kier molecular flexibility index (Phi) is 3.44. The Bertz CT molecular complexity index is 992. The second-order valence-corrected chi connectivity index (χ2v) is 8.05. The number of para-hydroxylation sites is 2. The van der Waals surface area contributed by atoms with Gasteiger partial charge in [-0.2, -0.15) is 0 Å². The lowest BCUT2D eigenvalue weighted by Gasteiger charge is -2.34. The van der Waals surface area contributed by atoms with Gasteiger partial charge in [0.2, 0.25) is 0 Å². The summed E-state index contributed by atoms with van der Waals surface area (Å²) in [5.74, 6) is 0. The van der Waals surface area contributed by atoms with E-state index >= 15 is 0 Å². The molecule has 1 heterocycles. The molecule has 25 heavy (non-hydrogen) atoms. The molecule has 3 heteroatoms. The molecule has 0 bridgehead atoms. The van der Waals surface area contributed by atoms with E-state index in [2.05, 4.69) is 78.6 Å². The largest absolute Gasteiger partial charge is 0.308 e. The van der Waals surface area contributed by atoms with Crippen molar-refractivity contribution < 1.29 is 0 Å². The van der Waals surface area contributed by atoms with Gasteiger partial charge in [0.1, 0.15) is 0 Å². The normalized spacial score (nSPS) is 14.6. The van der Waals surface area contributed by atoms with Crippen LogP contribution in [0.3, 0.4) is 0 Å². The monoisotopic (exact) mass is 361 g/mol. The molecule has 0 saturated carbocycles. The van der Waals surface area contributed by atoms with Crippen LogP contribution in [-0.4, -0.2) is 0 Å². The molecule has 0 amide bonds. The van der Waals surface area contributed by atoms with Crippen molar-refractivity contribution in [3.05, 3.63) is 82.4 Å². The first-order valence-electron chi connectivity index (χ1n) is 8.36. The van der Waals surface area contributed by atoms with Gasteiger partial charge in [0.05, 0.1) is 17.1 Å². The lowest BCUT2D eigenvalue weighted by molar-refractivity contribution is 1.12. The number of hydrogen-bond donors (Lipinski definition) is 0. The van der Waals surface area contributed by atoms with Crippen molar-refractivity contribution >= 4 is 46.5 Å². The Hall–Kier alpha value is -2.16. The van der Waals surface area contributed by atoms with Crippen molar-refractivity contribution in [2.24, 2.45) is 0 Å². The number of hydrogen-bond acceptors (Lipinski definition) is 2. The number of anilines is 3. The minimum atomic E-state index is 0.785. The molecule has 0 unspecified atom stereocenters. The van der Waals surface area contributed by atoms with E-state index in [1.54, 1.807) is 0 Å². The summed E-state index contributed by atoms with van der Waals surface area (Å²) < 4.78 is 0. The van der Waals surface area contributed by atoms with Crippen molar-refractivity contribution in [1.82, 2.24) is 0 Å². The standard InChI is InChI=1S/C22H16ClNS/c1-14-10-15-12-16(23)13-20(17(15)11-14)24-18-6-2-4-8-21(18)25-22-9-5-3-7-19(22)24/h2-10,12-13H,11H2,1H3. The maximum Gasteiger partial charge on any atom is 0.0601 e.